The number of H-pyrrole nitrogens is 1. The summed E-state index contributed by atoms with van der Waals surface area (Å²) in [6.45, 7) is 4.00. The van der Waals surface area contributed by atoms with E-state index in [2.05, 4.69) is 138 Å². The van der Waals surface area contributed by atoms with E-state index < -0.39 is 0 Å². The summed E-state index contributed by atoms with van der Waals surface area (Å²) in [6.07, 6.45) is 0. The van der Waals surface area contributed by atoms with Gasteiger partial charge in [-0.15, -0.1) is 11.3 Å². The lowest BCUT2D eigenvalue weighted by Crippen LogP contribution is -1.83. The van der Waals surface area contributed by atoms with Gasteiger partial charge in [-0.2, -0.15) is 0 Å². The van der Waals surface area contributed by atoms with Gasteiger partial charge in [-0.3, -0.25) is 0 Å². The van der Waals surface area contributed by atoms with E-state index in [1.807, 2.05) is 37.3 Å². The van der Waals surface area contributed by atoms with E-state index in [1.165, 1.54) is 53.2 Å². The van der Waals surface area contributed by atoms with E-state index in [-0.39, 0.29) is 0 Å². The molecule has 3 heterocycles. The molecule has 1 N–H and O–H groups in total. The Morgan fingerprint density at radius 3 is 2.02 bits per heavy atom. The Morgan fingerprint density at radius 2 is 1.11 bits per heavy atom. The van der Waals surface area contributed by atoms with Crippen molar-refractivity contribution in [3.8, 4) is 33.4 Å². The fourth-order valence-electron chi connectivity index (χ4n) is 7.08. The molecule has 10 rings (SSSR count). The first-order valence-corrected chi connectivity index (χ1v) is 17.1. The van der Waals surface area contributed by atoms with Crippen LogP contribution in [0.5, 0.6) is 0 Å². The summed E-state index contributed by atoms with van der Waals surface area (Å²) in [7, 11) is 0. The first-order valence-electron chi connectivity index (χ1n) is 16.3. The van der Waals surface area contributed by atoms with Crippen molar-refractivity contribution in [3.05, 3.63) is 146 Å². The second-order valence-corrected chi connectivity index (χ2v) is 12.9. The van der Waals surface area contributed by atoms with Crippen molar-refractivity contribution in [2.75, 3.05) is 0 Å². The Labute approximate surface area is 276 Å². The van der Waals surface area contributed by atoms with Crippen molar-refractivity contribution in [3.63, 3.8) is 0 Å². The van der Waals surface area contributed by atoms with Crippen LogP contribution in [0.25, 0.3) is 97.3 Å². The van der Waals surface area contributed by atoms with Crippen LogP contribution in [0.3, 0.4) is 0 Å². The van der Waals surface area contributed by atoms with Crippen molar-refractivity contribution >= 4 is 75.3 Å². The van der Waals surface area contributed by atoms with Crippen molar-refractivity contribution < 1.29 is 4.42 Å². The predicted octanol–water partition coefficient (Wildman–Crippen LogP) is 13.6. The molecule has 3 heteroatoms. The summed E-state index contributed by atoms with van der Waals surface area (Å²) in [4.78, 5) is 3.76. The van der Waals surface area contributed by atoms with Crippen LogP contribution in [-0.2, 0) is 0 Å². The molecule has 7 aromatic carbocycles. The summed E-state index contributed by atoms with van der Waals surface area (Å²) >= 11 is 1.87. The maximum Gasteiger partial charge on any atom is 0.143 e. The largest absolute Gasteiger partial charge is 0.455 e. The number of rotatable bonds is 3. The zero-order valence-corrected chi connectivity index (χ0v) is 27.0. The highest BCUT2D eigenvalue weighted by atomic mass is 32.1. The Bertz CT molecular complexity index is 2780. The molecule has 0 bridgehead atoms. The predicted molar refractivity (Wildman–Crippen MR) is 204 cm³/mol. The SMILES string of the molecule is CC.c1cc(-c2ccc3c(c2)sc2ccccc23)cc(-c2cccc3c2[nH]c2ccc(-c4cccc5c4oc4ccccc45)cc23)c1. The number of aromatic amines is 1. The molecule has 10 aromatic rings. The van der Waals surface area contributed by atoms with Crippen LogP contribution in [0.1, 0.15) is 13.8 Å². The van der Waals surface area contributed by atoms with E-state index in [4.69, 9.17) is 4.42 Å². The average molecular weight is 622 g/mol. The molecule has 0 unspecified atom stereocenters. The van der Waals surface area contributed by atoms with Crippen molar-refractivity contribution in [1.82, 2.24) is 4.98 Å². The van der Waals surface area contributed by atoms with Crippen LogP contribution >= 0.6 is 11.3 Å². The van der Waals surface area contributed by atoms with Gasteiger partial charge < -0.3 is 9.40 Å². The van der Waals surface area contributed by atoms with Crippen LogP contribution in [0.4, 0.5) is 0 Å². The molecule has 0 aliphatic carbocycles. The maximum atomic E-state index is 6.38. The van der Waals surface area contributed by atoms with Crippen molar-refractivity contribution in [2.45, 2.75) is 13.8 Å². The van der Waals surface area contributed by atoms with Crippen molar-refractivity contribution in [1.29, 1.82) is 0 Å². The van der Waals surface area contributed by atoms with Gasteiger partial charge in [-0.25, -0.2) is 0 Å². The van der Waals surface area contributed by atoms with Crippen LogP contribution in [0, 0.1) is 0 Å². The Morgan fingerprint density at radius 1 is 0.447 bits per heavy atom. The van der Waals surface area contributed by atoms with Gasteiger partial charge in [0.25, 0.3) is 0 Å². The van der Waals surface area contributed by atoms with Crippen LogP contribution in [-0.4, -0.2) is 4.98 Å². The number of aromatic nitrogens is 1. The quantitative estimate of drug-likeness (QED) is 0.209. The zero-order valence-electron chi connectivity index (χ0n) is 26.2. The highest BCUT2D eigenvalue weighted by molar-refractivity contribution is 7.25. The zero-order chi connectivity index (χ0) is 31.5. The number of para-hydroxylation sites is 3. The average Bonchev–Trinajstić information content (AvgIpc) is 3.83. The number of benzene rings is 7. The molecule has 0 spiro atoms. The minimum absolute atomic E-state index is 0.920. The fourth-order valence-corrected chi connectivity index (χ4v) is 8.22. The van der Waals surface area contributed by atoms with Gasteiger partial charge in [0.1, 0.15) is 11.2 Å². The minimum Gasteiger partial charge on any atom is -0.455 e. The van der Waals surface area contributed by atoms with E-state index in [0.29, 0.717) is 0 Å². The lowest BCUT2D eigenvalue weighted by Gasteiger charge is -2.08. The van der Waals surface area contributed by atoms with Gasteiger partial charge in [-0.05, 0) is 58.7 Å². The number of hydrogen-bond donors (Lipinski definition) is 1. The number of furan rings is 1. The second-order valence-electron chi connectivity index (χ2n) is 11.8. The fraction of sp³-hybridized carbons (Fsp3) is 0.0455. The molecule has 224 valence electrons. The molecule has 0 fully saturated rings. The Balaban J connectivity index is 0.00000149. The standard InChI is InChI=1S/C42H25NOS.C2H6/c1-3-16-38-31(10-1)35-15-7-13-30(42(35)44-38)28-19-21-37-36(23-28)34-14-6-12-29(41(34)43-37)27-9-5-8-25(22-27)26-18-20-33-32-11-2-4-17-39(32)45-40(33)24-26;1-2/h1-24,43H;1-2H3. The molecular weight excluding hydrogens is 591 g/mol. The molecule has 2 nitrogen and oxygen atoms in total. The van der Waals surface area contributed by atoms with Gasteiger partial charge in [-0.1, -0.05) is 123 Å². The van der Waals surface area contributed by atoms with Crippen LogP contribution in [0.15, 0.2) is 150 Å². The van der Waals surface area contributed by atoms with Gasteiger partial charge in [0.05, 0.1) is 5.52 Å². The lowest BCUT2D eigenvalue weighted by atomic mass is 9.96. The molecule has 0 aliphatic rings. The smallest absolute Gasteiger partial charge is 0.143 e. The molecule has 0 saturated carbocycles. The molecule has 47 heavy (non-hydrogen) atoms. The number of hydrogen-bond acceptors (Lipinski definition) is 2. The molecule has 0 saturated heterocycles. The van der Waals surface area contributed by atoms with Crippen LogP contribution in [0.2, 0.25) is 0 Å². The van der Waals surface area contributed by atoms with Crippen LogP contribution < -0.4 is 0 Å². The monoisotopic (exact) mass is 621 g/mol. The van der Waals surface area contributed by atoms with E-state index >= 15 is 0 Å². The topological polar surface area (TPSA) is 28.9 Å². The van der Waals surface area contributed by atoms with E-state index in [0.717, 1.165) is 44.1 Å². The van der Waals surface area contributed by atoms with E-state index in [9.17, 15) is 0 Å². The molecule has 0 radical (unpaired) electrons. The molecule has 3 aromatic heterocycles. The first-order chi connectivity index (χ1) is 23.3. The summed E-state index contributed by atoms with van der Waals surface area (Å²) in [5, 5.41) is 7.39. The molecule has 0 atom stereocenters. The molecule has 0 amide bonds. The van der Waals surface area contributed by atoms with Gasteiger partial charge in [0, 0.05) is 58.4 Å². The molecular formula is C44H31NOS. The summed E-state index contributed by atoms with van der Waals surface area (Å²) in [5.41, 5.74) is 11.3. The maximum absolute atomic E-state index is 6.38. The minimum atomic E-state index is 0.920. The Kier molecular flexibility index (Phi) is 6.48. The third-order valence-electron chi connectivity index (χ3n) is 9.23. The number of nitrogens with one attached hydrogen (secondary N) is 1. The number of thiophene rings is 1. The lowest BCUT2D eigenvalue weighted by molar-refractivity contribution is 0.670. The highest BCUT2D eigenvalue weighted by Gasteiger charge is 2.15. The third-order valence-corrected chi connectivity index (χ3v) is 10.4. The van der Waals surface area contributed by atoms with Gasteiger partial charge in [0.2, 0.25) is 0 Å². The summed E-state index contributed by atoms with van der Waals surface area (Å²) in [5.74, 6) is 0. The summed E-state index contributed by atoms with van der Waals surface area (Å²) < 4.78 is 9.03. The van der Waals surface area contributed by atoms with Gasteiger partial charge in [0.15, 0.2) is 0 Å². The third kappa shape index (κ3) is 4.39. The first kappa shape index (κ1) is 27.7. The summed E-state index contributed by atoms with van der Waals surface area (Å²) in [6, 6.07) is 52.5. The van der Waals surface area contributed by atoms with Crippen molar-refractivity contribution in [2.24, 2.45) is 0 Å². The molecule has 0 aliphatic heterocycles. The van der Waals surface area contributed by atoms with Gasteiger partial charge >= 0.3 is 0 Å². The Hall–Kier alpha value is -5.64. The van der Waals surface area contributed by atoms with E-state index in [1.54, 1.807) is 0 Å². The number of fused-ring (bicyclic) bond motifs is 9. The normalized spacial score (nSPS) is 11.6. The highest BCUT2D eigenvalue weighted by Crippen LogP contribution is 2.40. The second kappa shape index (κ2) is 11.0.